The van der Waals surface area contributed by atoms with Crippen molar-refractivity contribution in [3.05, 3.63) is 87.9 Å². The quantitative estimate of drug-likeness (QED) is 0.466. The van der Waals surface area contributed by atoms with Crippen molar-refractivity contribution in [2.24, 2.45) is 0 Å². The van der Waals surface area contributed by atoms with Gasteiger partial charge in [-0.15, -0.1) is 0 Å². The van der Waals surface area contributed by atoms with E-state index in [0.717, 1.165) is 5.75 Å². The Labute approximate surface area is 171 Å². The van der Waals surface area contributed by atoms with Crippen molar-refractivity contribution in [2.45, 2.75) is 0 Å². The normalized spacial score (nSPS) is 10.3. The van der Waals surface area contributed by atoms with Gasteiger partial charge in [-0.1, -0.05) is 35.9 Å². The minimum atomic E-state index is -0.225. The molecule has 0 heterocycles. The highest BCUT2D eigenvalue weighted by Crippen LogP contribution is 2.26. The largest absolute Gasteiger partial charge is 0.490 e. The smallest absolute Gasteiger partial charge is 0.255 e. The van der Waals surface area contributed by atoms with Crippen LogP contribution >= 0.6 is 27.5 Å². The monoisotopic (exact) mass is 445 g/mol. The second-order valence-electron chi connectivity index (χ2n) is 5.62. The molecule has 0 saturated carbocycles. The van der Waals surface area contributed by atoms with Gasteiger partial charge in [0.25, 0.3) is 5.91 Å². The Bertz CT molecular complexity index is 918. The molecule has 0 atom stereocenters. The number of carbonyl (C=O) groups is 1. The van der Waals surface area contributed by atoms with E-state index in [4.69, 9.17) is 21.1 Å². The second-order valence-corrected chi connectivity index (χ2v) is 6.91. The van der Waals surface area contributed by atoms with Crippen molar-refractivity contribution in [3.8, 4) is 11.5 Å². The van der Waals surface area contributed by atoms with Crippen LogP contribution in [0.2, 0.25) is 5.02 Å². The van der Waals surface area contributed by atoms with Crippen LogP contribution in [0.15, 0.2) is 77.3 Å². The lowest BCUT2D eigenvalue weighted by molar-refractivity contribution is 0.102. The third-order valence-corrected chi connectivity index (χ3v) is 4.48. The van der Waals surface area contributed by atoms with Crippen molar-refractivity contribution in [1.82, 2.24) is 0 Å². The van der Waals surface area contributed by atoms with Crippen molar-refractivity contribution < 1.29 is 14.3 Å². The standard InChI is InChI=1S/C21H17BrClNO3/c22-19-13-15(21(25)24-17-6-4-5-16(23)14-17)9-10-20(19)27-12-11-26-18-7-2-1-3-8-18/h1-10,13-14H,11-12H2,(H,24,25). The summed E-state index contributed by atoms with van der Waals surface area (Å²) >= 11 is 9.38. The van der Waals surface area contributed by atoms with Crippen LogP contribution in [-0.2, 0) is 0 Å². The van der Waals surface area contributed by atoms with Gasteiger partial charge in [-0.2, -0.15) is 0 Å². The summed E-state index contributed by atoms with van der Waals surface area (Å²) in [7, 11) is 0. The molecule has 3 aromatic rings. The fraction of sp³-hybridized carbons (Fsp3) is 0.0952. The summed E-state index contributed by atoms with van der Waals surface area (Å²) in [6, 6.07) is 21.7. The molecular formula is C21H17BrClNO3. The first-order chi connectivity index (χ1) is 13.1. The first kappa shape index (κ1) is 19.3. The average molecular weight is 447 g/mol. The predicted octanol–water partition coefficient (Wildman–Crippen LogP) is 5.81. The maximum absolute atomic E-state index is 12.4. The van der Waals surface area contributed by atoms with Crippen molar-refractivity contribution in [2.75, 3.05) is 18.5 Å². The fourth-order valence-electron chi connectivity index (χ4n) is 2.36. The second kappa shape index (κ2) is 9.44. The summed E-state index contributed by atoms with van der Waals surface area (Å²) in [5, 5.41) is 3.38. The SMILES string of the molecule is O=C(Nc1cccc(Cl)c1)c1ccc(OCCOc2ccccc2)c(Br)c1. The van der Waals surface area contributed by atoms with E-state index in [1.54, 1.807) is 42.5 Å². The molecule has 0 aliphatic rings. The average Bonchev–Trinajstić information content (AvgIpc) is 2.67. The Morgan fingerprint density at radius 1 is 0.926 bits per heavy atom. The molecule has 0 unspecified atom stereocenters. The summed E-state index contributed by atoms with van der Waals surface area (Å²) in [6.07, 6.45) is 0. The predicted molar refractivity (Wildman–Crippen MR) is 111 cm³/mol. The van der Waals surface area contributed by atoms with Gasteiger partial charge in [0.15, 0.2) is 0 Å². The summed E-state index contributed by atoms with van der Waals surface area (Å²) in [5.41, 5.74) is 1.15. The number of halogens is 2. The van der Waals surface area contributed by atoms with Crippen LogP contribution in [0.1, 0.15) is 10.4 Å². The van der Waals surface area contributed by atoms with Crippen LogP contribution in [0, 0.1) is 0 Å². The Kier molecular flexibility index (Phi) is 6.74. The zero-order chi connectivity index (χ0) is 19.1. The molecule has 138 valence electrons. The molecule has 4 nitrogen and oxygen atoms in total. The van der Waals surface area contributed by atoms with Gasteiger partial charge < -0.3 is 14.8 Å². The van der Waals surface area contributed by atoms with Crippen LogP contribution < -0.4 is 14.8 Å². The molecule has 0 aliphatic heterocycles. The van der Waals surface area contributed by atoms with Crippen LogP contribution in [0.3, 0.4) is 0 Å². The molecule has 0 saturated heterocycles. The topological polar surface area (TPSA) is 47.6 Å². The molecule has 27 heavy (non-hydrogen) atoms. The van der Waals surface area contributed by atoms with Gasteiger partial charge in [0.2, 0.25) is 0 Å². The number of benzene rings is 3. The Balaban J connectivity index is 1.54. The number of rotatable bonds is 7. The minimum Gasteiger partial charge on any atom is -0.490 e. The number of nitrogens with one attached hydrogen (secondary N) is 1. The lowest BCUT2D eigenvalue weighted by atomic mass is 10.2. The van der Waals surface area contributed by atoms with Gasteiger partial charge in [0.1, 0.15) is 24.7 Å². The number of para-hydroxylation sites is 1. The third kappa shape index (κ3) is 5.74. The van der Waals surface area contributed by atoms with Gasteiger partial charge in [0, 0.05) is 16.3 Å². The van der Waals surface area contributed by atoms with E-state index in [9.17, 15) is 4.79 Å². The van der Waals surface area contributed by atoms with Gasteiger partial charge in [0.05, 0.1) is 4.47 Å². The van der Waals surface area contributed by atoms with E-state index in [0.29, 0.717) is 39.7 Å². The van der Waals surface area contributed by atoms with E-state index in [1.807, 2.05) is 30.3 Å². The van der Waals surface area contributed by atoms with Crippen LogP contribution in [0.5, 0.6) is 11.5 Å². The van der Waals surface area contributed by atoms with Crippen LogP contribution in [0.25, 0.3) is 0 Å². The van der Waals surface area contributed by atoms with Gasteiger partial charge >= 0.3 is 0 Å². The van der Waals surface area contributed by atoms with E-state index in [2.05, 4.69) is 21.2 Å². The summed E-state index contributed by atoms with van der Waals surface area (Å²) in [5.74, 6) is 1.22. The molecule has 3 aromatic carbocycles. The molecule has 3 rings (SSSR count). The molecule has 6 heteroatoms. The Morgan fingerprint density at radius 2 is 1.70 bits per heavy atom. The van der Waals surface area contributed by atoms with Gasteiger partial charge in [-0.05, 0) is 64.5 Å². The molecule has 1 N–H and O–H groups in total. The number of hydrogen-bond acceptors (Lipinski definition) is 3. The number of amides is 1. The zero-order valence-corrected chi connectivity index (χ0v) is 16.7. The van der Waals surface area contributed by atoms with E-state index in [1.165, 1.54) is 0 Å². The number of ether oxygens (including phenoxy) is 2. The van der Waals surface area contributed by atoms with Crippen molar-refractivity contribution in [1.29, 1.82) is 0 Å². The highest BCUT2D eigenvalue weighted by atomic mass is 79.9. The van der Waals surface area contributed by atoms with Gasteiger partial charge in [-0.25, -0.2) is 0 Å². The molecule has 0 fully saturated rings. The highest BCUT2D eigenvalue weighted by Gasteiger charge is 2.10. The van der Waals surface area contributed by atoms with Crippen LogP contribution in [0.4, 0.5) is 5.69 Å². The van der Waals surface area contributed by atoms with Crippen LogP contribution in [-0.4, -0.2) is 19.1 Å². The van der Waals surface area contributed by atoms with Crippen molar-refractivity contribution in [3.63, 3.8) is 0 Å². The number of hydrogen-bond donors (Lipinski definition) is 1. The van der Waals surface area contributed by atoms with Crippen molar-refractivity contribution >= 4 is 39.1 Å². The van der Waals surface area contributed by atoms with E-state index in [-0.39, 0.29) is 5.91 Å². The maximum atomic E-state index is 12.4. The number of carbonyl (C=O) groups excluding carboxylic acids is 1. The lowest BCUT2D eigenvalue weighted by Gasteiger charge is -2.11. The molecule has 0 radical (unpaired) electrons. The summed E-state index contributed by atoms with van der Waals surface area (Å²) in [4.78, 5) is 12.4. The van der Waals surface area contributed by atoms with Gasteiger partial charge in [-0.3, -0.25) is 4.79 Å². The molecule has 1 amide bonds. The first-order valence-corrected chi connectivity index (χ1v) is 9.46. The lowest BCUT2D eigenvalue weighted by Crippen LogP contribution is -2.12. The first-order valence-electron chi connectivity index (χ1n) is 8.29. The molecule has 0 aliphatic carbocycles. The summed E-state index contributed by atoms with van der Waals surface area (Å²) < 4.78 is 12.0. The molecule has 0 aromatic heterocycles. The van der Waals surface area contributed by atoms with E-state index >= 15 is 0 Å². The molecule has 0 spiro atoms. The Morgan fingerprint density at radius 3 is 2.44 bits per heavy atom. The zero-order valence-electron chi connectivity index (χ0n) is 14.3. The number of anilines is 1. The minimum absolute atomic E-state index is 0.225. The third-order valence-electron chi connectivity index (χ3n) is 3.63. The molecular weight excluding hydrogens is 430 g/mol. The highest BCUT2D eigenvalue weighted by molar-refractivity contribution is 9.10. The molecule has 0 bridgehead atoms. The Hall–Kier alpha value is -2.50. The maximum Gasteiger partial charge on any atom is 0.255 e. The fourth-order valence-corrected chi connectivity index (χ4v) is 3.04. The van der Waals surface area contributed by atoms with E-state index < -0.39 is 0 Å². The summed E-state index contributed by atoms with van der Waals surface area (Å²) in [6.45, 7) is 0.814.